The van der Waals surface area contributed by atoms with Crippen molar-refractivity contribution in [3.05, 3.63) is 39.6 Å². The molecule has 5 nitrogen and oxygen atoms in total. The maximum Gasteiger partial charge on any atom is 0.289 e. The number of rotatable bonds is 2. The number of nitrogens with zero attached hydrogens (tertiary/aromatic N) is 3. The predicted octanol–water partition coefficient (Wildman–Crippen LogP) is 3.05. The van der Waals surface area contributed by atoms with Gasteiger partial charge in [0.05, 0.1) is 9.95 Å². The van der Waals surface area contributed by atoms with Gasteiger partial charge in [0.2, 0.25) is 0 Å². The van der Waals surface area contributed by atoms with Gasteiger partial charge in [-0.1, -0.05) is 23.8 Å². The molecule has 2 atom stereocenters. The lowest BCUT2D eigenvalue weighted by Crippen LogP contribution is -2.21. The lowest BCUT2D eigenvalue weighted by molar-refractivity contribution is -0.385. The van der Waals surface area contributed by atoms with Gasteiger partial charge in [-0.15, -0.1) is 0 Å². The van der Waals surface area contributed by atoms with Crippen molar-refractivity contribution < 1.29 is 4.92 Å². The van der Waals surface area contributed by atoms with Crippen LogP contribution in [-0.2, 0) is 0 Å². The molecule has 100 valence electrons. The van der Waals surface area contributed by atoms with Gasteiger partial charge in [-0.2, -0.15) is 0 Å². The van der Waals surface area contributed by atoms with Crippen LogP contribution >= 0.6 is 11.6 Å². The Morgan fingerprint density at radius 3 is 2.47 bits per heavy atom. The van der Waals surface area contributed by atoms with Crippen LogP contribution in [0, 0.1) is 22.0 Å². The molecule has 0 amide bonds. The summed E-state index contributed by atoms with van der Waals surface area (Å²) in [6.07, 6.45) is 7.95. The highest BCUT2D eigenvalue weighted by molar-refractivity contribution is 6.33. The van der Waals surface area contributed by atoms with Crippen LogP contribution in [0.1, 0.15) is 12.8 Å². The first-order valence-electron chi connectivity index (χ1n) is 6.35. The summed E-state index contributed by atoms with van der Waals surface area (Å²) < 4.78 is 0. The van der Waals surface area contributed by atoms with Gasteiger partial charge in [-0.3, -0.25) is 10.1 Å². The number of hydrogen-bond donors (Lipinski definition) is 0. The van der Waals surface area contributed by atoms with E-state index >= 15 is 0 Å². The van der Waals surface area contributed by atoms with Crippen molar-refractivity contribution in [3.63, 3.8) is 0 Å². The van der Waals surface area contributed by atoms with E-state index < -0.39 is 4.92 Å². The van der Waals surface area contributed by atoms with Crippen LogP contribution in [0.15, 0.2) is 24.4 Å². The average molecular weight is 280 g/mol. The molecule has 0 saturated carbocycles. The van der Waals surface area contributed by atoms with E-state index in [9.17, 15) is 10.1 Å². The monoisotopic (exact) mass is 279 g/mol. The van der Waals surface area contributed by atoms with Crippen LogP contribution in [0.25, 0.3) is 0 Å². The van der Waals surface area contributed by atoms with Gasteiger partial charge >= 0.3 is 0 Å². The van der Waals surface area contributed by atoms with E-state index in [0.29, 0.717) is 22.7 Å². The topological polar surface area (TPSA) is 59.3 Å². The molecule has 1 aromatic rings. The van der Waals surface area contributed by atoms with Crippen molar-refractivity contribution in [1.82, 2.24) is 4.98 Å². The lowest BCUT2D eigenvalue weighted by atomic mass is 9.86. The summed E-state index contributed by atoms with van der Waals surface area (Å²) in [5.74, 6) is 1.97. The van der Waals surface area contributed by atoms with Gasteiger partial charge in [0.25, 0.3) is 5.69 Å². The molecule has 1 fully saturated rings. The predicted molar refractivity (Wildman–Crippen MR) is 73.5 cm³/mol. The molecule has 2 aliphatic rings. The Hall–Kier alpha value is -1.62. The van der Waals surface area contributed by atoms with Gasteiger partial charge in [-0.05, 0) is 24.7 Å². The minimum atomic E-state index is -0.476. The maximum absolute atomic E-state index is 10.7. The van der Waals surface area contributed by atoms with Gasteiger partial charge in [0.1, 0.15) is 12.0 Å². The van der Waals surface area contributed by atoms with Crippen LogP contribution in [0.4, 0.5) is 11.5 Å². The summed E-state index contributed by atoms with van der Waals surface area (Å²) in [4.78, 5) is 16.5. The largest absolute Gasteiger partial charge is 0.355 e. The summed E-state index contributed by atoms with van der Waals surface area (Å²) in [5, 5.41) is 11.0. The maximum atomic E-state index is 10.7. The number of allylic oxidation sites excluding steroid dienone is 2. The molecule has 0 bridgehead atoms. The molecule has 0 spiro atoms. The normalized spacial score (nSPS) is 25.4. The Morgan fingerprint density at radius 1 is 1.32 bits per heavy atom. The molecule has 0 radical (unpaired) electrons. The van der Waals surface area contributed by atoms with Crippen molar-refractivity contribution in [3.8, 4) is 0 Å². The highest BCUT2D eigenvalue weighted by Gasteiger charge is 2.34. The molecule has 3 rings (SSSR count). The Bertz CT molecular complexity index is 531. The van der Waals surface area contributed by atoms with Crippen molar-refractivity contribution in [2.24, 2.45) is 11.8 Å². The van der Waals surface area contributed by atoms with Crippen molar-refractivity contribution >= 4 is 23.1 Å². The first-order chi connectivity index (χ1) is 9.15. The van der Waals surface area contributed by atoms with E-state index in [-0.39, 0.29) is 5.69 Å². The second-order valence-corrected chi connectivity index (χ2v) is 5.53. The third kappa shape index (κ3) is 2.30. The van der Waals surface area contributed by atoms with Crippen molar-refractivity contribution in [2.45, 2.75) is 12.8 Å². The first kappa shape index (κ1) is 12.4. The van der Waals surface area contributed by atoms with E-state index in [1.54, 1.807) is 0 Å². The molecule has 19 heavy (non-hydrogen) atoms. The van der Waals surface area contributed by atoms with Gasteiger partial charge in [-0.25, -0.2) is 4.98 Å². The second-order valence-electron chi connectivity index (χ2n) is 5.12. The molecule has 1 aromatic heterocycles. The van der Waals surface area contributed by atoms with Crippen LogP contribution in [0.3, 0.4) is 0 Å². The molecule has 1 saturated heterocycles. The standard InChI is InChI=1S/C13H14ClN3O2/c14-12-5-11(17(18)19)6-15-13(12)16-7-9-3-1-2-4-10(9)8-16/h1-2,5-6,9-10H,3-4,7-8H2. The number of fused-ring (bicyclic) bond motifs is 1. The Morgan fingerprint density at radius 2 is 1.95 bits per heavy atom. The SMILES string of the molecule is O=[N+]([O-])c1cnc(N2CC3CC=CCC3C2)c(Cl)c1. The number of pyridine rings is 1. The summed E-state index contributed by atoms with van der Waals surface area (Å²) in [6.45, 7) is 1.86. The van der Waals surface area contributed by atoms with Crippen LogP contribution < -0.4 is 4.90 Å². The molecular weight excluding hydrogens is 266 g/mol. The number of hydrogen-bond acceptors (Lipinski definition) is 4. The van der Waals surface area contributed by atoms with E-state index in [1.165, 1.54) is 12.3 Å². The zero-order valence-corrected chi connectivity index (χ0v) is 11.1. The van der Waals surface area contributed by atoms with Crippen LogP contribution in [-0.4, -0.2) is 23.0 Å². The average Bonchev–Trinajstić information content (AvgIpc) is 2.81. The molecule has 2 heterocycles. The highest BCUT2D eigenvalue weighted by Crippen LogP contribution is 2.37. The second kappa shape index (κ2) is 4.81. The van der Waals surface area contributed by atoms with E-state index in [0.717, 1.165) is 25.9 Å². The molecular formula is C13H14ClN3O2. The molecule has 1 aliphatic carbocycles. The van der Waals surface area contributed by atoms with Crippen LogP contribution in [0.2, 0.25) is 5.02 Å². The Labute approximate surface area is 116 Å². The zero-order valence-electron chi connectivity index (χ0n) is 10.3. The van der Waals surface area contributed by atoms with E-state index in [1.807, 2.05) is 0 Å². The number of aromatic nitrogens is 1. The third-order valence-corrected chi connectivity index (χ3v) is 4.22. The fourth-order valence-electron chi connectivity index (χ4n) is 2.94. The van der Waals surface area contributed by atoms with E-state index in [2.05, 4.69) is 22.0 Å². The fraction of sp³-hybridized carbons (Fsp3) is 0.462. The zero-order chi connectivity index (χ0) is 13.4. The van der Waals surface area contributed by atoms with Crippen molar-refractivity contribution in [2.75, 3.05) is 18.0 Å². The van der Waals surface area contributed by atoms with Gasteiger partial charge in [0.15, 0.2) is 0 Å². The highest BCUT2D eigenvalue weighted by atomic mass is 35.5. The van der Waals surface area contributed by atoms with Gasteiger partial charge < -0.3 is 4.90 Å². The van der Waals surface area contributed by atoms with Gasteiger partial charge in [0, 0.05) is 19.2 Å². The van der Waals surface area contributed by atoms with Crippen LogP contribution in [0.5, 0.6) is 0 Å². The summed E-state index contributed by atoms with van der Waals surface area (Å²) in [5.41, 5.74) is -0.0629. The summed E-state index contributed by atoms with van der Waals surface area (Å²) in [6, 6.07) is 1.38. The molecule has 6 heteroatoms. The minimum Gasteiger partial charge on any atom is -0.355 e. The fourth-order valence-corrected chi connectivity index (χ4v) is 3.22. The molecule has 2 unspecified atom stereocenters. The summed E-state index contributed by atoms with van der Waals surface area (Å²) >= 11 is 6.13. The Kier molecular flexibility index (Phi) is 3.14. The molecule has 0 aromatic carbocycles. The molecule has 1 aliphatic heterocycles. The third-order valence-electron chi connectivity index (χ3n) is 3.94. The number of anilines is 1. The Balaban J connectivity index is 1.82. The summed E-state index contributed by atoms with van der Waals surface area (Å²) in [7, 11) is 0. The lowest BCUT2D eigenvalue weighted by Gasteiger charge is -2.18. The molecule has 0 N–H and O–H groups in total. The van der Waals surface area contributed by atoms with Crippen molar-refractivity contribution in [1.29, 1.82) is 0 Å². The quantitative estimate of drug-likeness (QED) is 0.474. The smallest absolute Gasteiger partial charge is 0.289 e. The van der Waals surface area contributed by atoms with E-state index in [4.69, 9.17) is 11.6 Å². The first-order valence-corrected chi connectivity index (χ1v) is 6.73. The number of halogens is 1. The number of nitro groups is 1. The minimum absolute atomic E-state index is 0.0629.